The van der Waals surface area contributed by atoms with E-state index in [-0.39, 0.29) is 24.3 Å². The Morgan fingerprint density at radius 3 is 2.05 bits per heavy atom. The number of nitrogens with one attached hydrogen (secondary N) is 2. The molecule has 0 spiro atoms. The second-order valence-corrected chi connectivity index (χ2v) is 12.0. The Bertz CT molecular complexity index is 1360. The topological polar surface area (TPSA) is 87.7 Å². The molecule has 0 heterocycles. The van der Waals surface area contributed by atoms with Crippen molar-refractivity contribution >= 4 is 23.6 Å². The van der Waals surface area contributed by atoms with Crippen molar-refractivity contribution in [3.63, 3.8) is 0 Å². The third-order valence-corrected chi connectivity index (χ3v) is 7.08. The fourth-order valence-corrected chi connectivity index (χ4v) is 5.00. The number of amides is 3. The van der Waals surface area contributed by atoms with Crippen molar-refractivity contribution < 1.29 is 19.1 Å². The molecule has 2 N–H and O–H groups in total. The summed E-state index contributed by atoms with van der Waals surface area (Å²) >= 11 is 0. The third kappa shape index (κ3) is 8.93. The van der Waals surface area contributed by atoms with Gasteiger partial charge in [-0.05, 0) is 77.6 Å². The molecule has 0 aliphatic heterocycles. The number of rotatable bonds is 10. The number of hydrogen-bond donors (Lipinski definition) is 2. The molecule has 0 aliphatic rings. The summed E-state index contributed by atoms with van der Waals surface area (Å²) in [7, 11) is 0. The van der Waals surface area contributed by atoms with Crippen LogP contribution in [-0.4, -0.2) is 40.5 Å². The molecule has 7 heteroatoms. The SMILES string of the molecule is CCC(C)N(C(=O)C(Cc1ccccc1)NC(=O)OC(C)(C)C)C(C(=O)Nc1ccccc1C)c1cc(C)cc(C)c1. The van der Waals surface area contributed by atoms with Gasteiger partial charge in [-0.15, -0.1) is 0 Å². The van der Waals surface area contributed by atoms with Gasteiger partial charge in [-0.2, -0.15) is 0 Å². The van der Waals surface area contributed by atoms with Crippen molar-refractivity contribution in [2.45, 2.75) is 92.0 Å². The van der Waals surface area contributed by atoms with Crippen LogP contribution >= 0.6 is 0 Å². The number of alkyl carbamates (subject to hydrolysis) is 1. The van der Waals surface area contributed by atoms with E-state index < -0.39 is 23.8 Å². The van der Waals surface area contributed by atoms with Crippen LogP contribution in [0.4, 0.5) is 10.5 Å². The number of hydrogen-bond acceptors (Lipinski definition) is 4. The maximum atomic E-state index is 14.6. The minimum absolute atomic E-state index is 0.241. The van der Waals surface area contributed by atoms with E-state index in [2.05, 4.69) is 10.6 Å². The lowest BCUT2D eigenvalue weighted by molar-refractivity contribution is -0.143. The van der Waals surface area contributed by atoms with Gasteiger partial charge in [0.2, 0.25) is 5.91 Å². The number of carbonyl (C=O) groups is 3. The zero-order valence-electron chi connectivity index (χ0n) is 26.2. The summed E-state index contributed by atoms with van der Waals surface area (Å²) in [6.07, 6.45) is 0.160. The fraction of sp³-hybridized carbons (Fsp3) is 0.400. The number of carbonyl (C=O) groups excluding carboxylic acids is 3. The van der Waals surface area contributed by atoms with Gasteiger partial charge in [-0.1, -0.05) is 84.8 Å². The quantitative estimate of drug-likeness (QED) is 0.273. The third-order valence-electron chi connectivity index (χ3n) is 7.08. The van der Waals surface area contributed by atoms with Crippen molar-refractivity contribution in [2.24, 2.45) is 0 Å². The maximum absolute atomic E-state index is 14.6. The molecule has 3 unspecified atom stereocenters. The van der Waals surface area contributed by atoms with Crippen molar-refractivity contribution in [1.29, 1.82) is 0 Å². The first-order valence-corrected chi connectivity index (χ1v) is 14.6. The molecule has 0 saturated carbocycles. The first-order chi connectivity index (χ1) is 19.8. The number of anilines is 1. The molecule has 0 bridgehead atoms. The standard InChI is InChI=1S/C35H45N3O4/c1-9-26(5)38(33(40)30(22-27-16-11-10-12-17-27)37-34(41)42-35(6,7)8)31(28-20-23(2)19-24(3)21-28)32(39)36-29-18-14-13-15-25(29)4/h10-21,26,30-31H,9,22H2,1-8H3,(H,36,39)(H,37,41). The Labute approximate surface area is 250 Å². The van der Waals surface area contributed by atoms with Crippen LogP contribution in [0.5, 0.6) is 0 Å². The molecule has 0 fully saturated rings. The average Bonchev–Trinajstić information content (AvgIpc) is 2.90. The van der Waals surface area contributed by atoms with Crippen LogP contribution in [0.25, 0.3) is 0 Å². The van der Waals surface area contributed by atoms with E-state index in [1.165, 1.54) is 0 Å². The van der Waals surface area contributed by atoms with E-state index in [0.717, 1.165) is 22.3 Å². The molecule has 7 nitrogen and oxygen atoms in total. The second kappa shape index (κ2) is 14.2. The summed E-state index contributed by atoms with van der Waals surface area (Å²) in [6, 6.07) is 20.8. The fourth-order valence-electron chi connectivity index (χ4n) is 5.00. The largest absolute Gasteiger partial charge is 0.444 e. The molecule has 0 radical (unpaired) electrons. The van der Waals surface area contributed by atoms with E-state index in [9.17, 15) is 14.4 Å². The highest BCUT2D eigenvalue weighted by atomic mass is 16.6. The van der Waals surface area contributed by atoms with Gasteiger partial charge in [-0.25, -0.2) is 4.79 Å². The lowest BCUT2D eigenvalue weighted by Crippen LogP contribution is -2.55. The van der Waals surface area contributed by atoms with E-state index in [1.54, 1.807) is 25.7 Å². The first kappa shape index (κ1) is 32.4. The number of para-hydroxylation sites is 1. The molecule has 3 rings (SSSR count). The highest BCUT2D eigenvalue weighted by Gasteiger charge is 2.39. The van der Waals surface area contributed by atoms with Crippen LogP contribution in [0.3, 0.4) is 0 Å². The highest BCUT2D eigenvalue weighted by molar-refractivity contribution is 5.99. The molecule has 0 aliphatic carbocycles. The first-order valence-electron chi connectivity index (χ1n) is 14.6. The Morgan fingerprint density at radius 2 is 1.48 bits per heavy atom. The van der Waals surface area contributed by atoms with Gasteiger partial charge in [0.25, 0.3) is 5.91 Å². The highest BCUT2D eigenvalue weighted by Crippen LogP contribution is 2.30. The zero-order chi connectivity index (χ0) is 31.0. The van der Waals surface area contributed by atoms with Crippen LogP contribution in [0.1, 0.15) is 74.9 Å². The number of nitrogens with zero attached hydrogens (tertiary/aromatic N) is 1. The van der Waals surface area contributed by atoms with Crippen molar-refractivity contribution in [3.8, 4) is 0 Å². The molecule has 224 valence electrons. The molecule has 0 saturated heterocycles. The normalized spacial score (nSPS) is 13.4. The molecule has 3 atom stereocenters. The number of aryl methyl sites for hydroxylation is 3. The lowest BCUT2D eigenvalue weighted by Gasteiger charge is -2.38. The van der Waals surface area contributed by atoms with Gasteiger partial charge in [0, 0.05) is 18.2 Å². The molecule has 3 aromatic carbocycles. The Balaban J connectivity index is 2.12. The Kier molecular flexibility index (Phi) is 10.9. The Hall–Kier alpha value is -4.13. The van der Waals surface area contributed by atoms with Crippen LogP contribution < -0.4 is 10.6 Å². The summed E-state index contributed by atoms with van der Waals surface area (Å²) < 4.78 is 5.54. The van der Waals surface area contributed by atoms with Crippen LogP contribution in [-0.2, 0) is 20.7 Å². The number of ether oxygens (including phenoxy) is 1. The predicted molar refractivity (Wildman–Crippen MR) is 168 cm³/mol. The molecule has 3 aromatic rings. The predicted octanol–water partition coefficient (Wildman–Crippen LogP) is 7.05. The maximum Gasteiger partial charge on any atom is 0.408 e. The monoisotopic (exact) mass is 571 g/mol. The summed E-state index contributed by atoms with van der Waals surface area (Å²) in [6.45, 7) is 15.1. The smallest absolute Gasteiger partial charge is 0.408 e. The van der Waals surface area contributed by atoms with E-state index in [1.807, 2.05) is 107 Å². The van der Waals surface area contributed by atoms with Crippen molar-refractivity contribution in [2.75, 3.05) is 5.32 Å². The summed E-state index contributed by atoms with van der Waals surface area (Å²) in [5, 5.41) is 5.90. The van der Waals surface area contributed by atoms with Crippen LogP contribution in [0, 0.1) is 20.8 Å². The van der Waals surface area contributed by atoms with Gasteiger partial charge >= 0.3 is 6.09 Å². The van der Waals surface area contributed by atoms with Crippen molar-refractivity contribution in [3.05, 3.63) is 101 Å². The Morgan fingerprint density at radius 1 is 0.881 bits per heavy atom. The molecular weight excluding hydrogens is 526 g/mol. The molecule has 42 heavy (non-hydrogen) atoms. The minimum atomic E-state index is -0.962. The average molecular weight is 572 g/mol. The summed E-state index contributed by atoms with van der Waals surface area (Å²) in [5.41, 5.74) is 4.42. The van der Waals surface area contributed by atoms with Crippen molar-refractivity contribution in [1.82, 2.24) is 10.2 Å². The molecular formula is C35H45N3O4. The van der Waals surface area contributed by atoms with Gasteiger partial charge in [0.05, 0.1) is 0 Å². The van der Waals surface area contributed by atoms with Crippen LogP contribution in [0.2, 0.25) is 0 Å². The molecule has 3 amide bonds. The van der Waals surface area contributed by atoms with E-state index in [4.69, 9.17) is 4.74 Å². The van der Waals surface area contributed by atoms with E-state index in [0.29, 0.717) is 17.7 Å². The number of benzene rings is 3. The van der Waals surface area contributed by atoms with E-state index >= 15 is 0 Å². The lowest BCUT2D eigenvalue weighted by atomic mass is 9.95. The van der Waals surface area contributed by atoms with Gasteiger partial charge in [0.15, 0.2) is 0 Å². The summed E-state index contributed by atoms with van der Waals surface area (Å²) in [4.78, 5) is 43.5. The second-order valence-electron chi connectivity index (χ2n) is 12.0. The van der Waals surface area contributed by atoms with Crippen LogP contribution in [0.15, 0.2) is 72.8 Å². The molecule has 0 aromatic heterocycles. The minimum Gasteiger partial charge on any atom is -0.444 e. The zero-order valence-corrected chi connectivity index (χ0v) is 26.2. The van der Waals surface area contributed by atoms with Gasteiger partial charge < -0.3 is 20.3 Å². The summed E-state index contributed by atoms with van der Waals surface area (Å²) in [5.74, 6) is -0.679. The van der Waals surface area contributed by atoms with Gasteiger partial charge in [0.1, 0.15) is 17.7 Å². The van der Waals surface area contributed by atoms with Gasteiger partial charge in [-0.3, -0.25) is 9.59 Å².